The molecule has 0 aliphatic rings. The number of nitrogens with one attached hydrogen (secondary N) is 1. The first kappa shape index (κ1) is 25.2. The van der Waals surface area contributed by atoms with Gasteiger partial charge in [0.15, 0.2) is 0 Å². The summed E-state index contributed by atoms with van der Waals surface area (Å²) in [5.41, 5.74) is 6.54. The standard InChI is InChI=1S/C25H34N2O5/c1-25(2,3)32-24(29)27-22(23(28)31-18-20-9-5-4-6-10-20)17-19-11-13-21(14-12-19)30-16-8-7-15-26/h4-6,9-14,22H,7-8,15-18,26H2,1-3H3,(H,27,29). The fourth-order valence-electron chi connectivity index (χ4n) is 2.87. The molecule has 0 fully saturated rings. The van der Waals surface area contributed by atoms with Crippen LogP contribution in [0.3, 0.4) is 0 Å². The van der Waals surface area contributed by atoms with Gasteiger partial charge in [0, 0.05) is 6.42 Å². The fourth-order valence-corrected chi connectivity index (χ4v) is 2.87. The molecule has 174 valence electrons. The molecule has 0 aliphatic heterocycles. The molecule has 1 unspecified atom stereocenters. The molecular formula is C25H34N2O5. The zero-order valence-corrected chi connectivity index (χ0v) is 19.1. The van der Waals surface area contributed by atoms with Crippen LogP contribution in [0.1, 0.15) is 44.7 Å². The third kappa shape index (κ3) is 9.83. The summed E-state index contributed by atoms with van der Waals surface area (Å²) >= 11 is 0. The number of rotatable bonds is 11. The smallest absolute Gasteiger partial charge is 0.408 e. The second kappa shape index (κ2) is 12.7. The molecule has 0 spiro atoms. The van der Waals surface area contributed by atoms with Crippen molar-refractivity contribution < 1.29 is 23.8 Å². The summed E-state index contributed by atoms with van der Waals surface area (Å²) in [5, 5.41) is 2.64. The quantitative estimate of drug-likeness (QED) is 0.403. The number of ether oxygens (including phenoxy) is 3. The Kier molecular flexibility index (Phi) is 10.0. The lowest BCUT2D eigenvalue weighted by atomic mass is 10.1. The van der Waals surface area contributed by atoms with Crippen LogP contribution in [0.4, 0.5) is 4.79 Å². The number of alkyl carbamates (subject to hydrolysis) is 1. The lowest BCUT2D eigenvalue weighted by molar-refractivity contribution is -0.147. The highest BCUT2D eigenvalue weighted by Crippen LogP contribution is 2.15. The minimum Gasteiger partial charge on any atom is -0.494 e. The Morgan fingerprint density at radius 2 is 1.66 bits per heavy atom. The molecule has 0 heterocycles. The van der Waals surface area contributed by atoms with E-state index < -0.39 is 23.7 Å². The van der Waals surface area contributed by atoms with Crippen molar-refractivity contribution in [2.45, 2.75) is 58.3 Å². The number of amides is 1. The van der Waals surface area contributed by atoms with Crippen molar-refractivity contribution in [1.82, 2.24) is 5.32 Å². The van der Waals surface area contributed by atoms with Gasteiger partial charge in [-0.2, -0.15) is 0 Å². The van der Waals surface area contributed by atoms with E-state index in [1.54, 1.807) is 20.8 Å². The average molecular weight is 443 g/mol. The first-order valence-electron chi connectivity index (χ1n) is 10.9. The highest BCUT2D eigenvalue weighted by atomic mass is 16.6. The van der Waals surface area contributed by atoms with Gasteiger partial charge in [-0.05, 0) is 63.4 Å². The molecule has 1 atom stereocenters. The second-order valence-electron chi connectivity index (χ2n) is 8.48. The minimum atomic E-state index is -0.884. The molecule has 2 aromatic carbocycles. The van der Waals surface area contributed by atoms with Gasteiger partial charge in [0.2, 0.25) is 0 Å². The van der Waals surface area contributed by atoms with Gasteiger partial charge >= 0.3 is 12.1 Å². The van der Waals surface area contributed by atoms with Crippen molar-refractivity contribution in [2.24, 2.45) is 5.73 Å². The molecule has 1 amide bonds. The van der Waals surface area contributed by atoms with Crippen molar-refractivity contribution in [3.63, 3.8) is 0 Å². The molecule has 7 nitrogen and oxygen atoms in total. The van der Waals surface area contributed by atoms with E-state index in [4.69, 9.17) is 19.9 Å². The molecular weight excluding hydrogens is 408 g/mol. The van der Waals surface area contributed by atoms with Crippen molar-refractivity contribution in [3.8, 4) is 5.75 Å². The van der Waals surface area contributed by atoms with E-state index in [-0.39, 0.29) is 13.0 Å². The van der Waals surface area contributed by atoms with Crippen molar-refractivity contribution in [1.29, 1.82) is 0 Å². The first-order valence-corrected chi connectivity index (χ1v) is 10.9. The molecule has 0 saturated heterocycles. The van der Waals surface area contributed by atoms with Crippen LogP contribution in [0.5, 0.6) is 5.75 Å². The predicted molar refractivity (Wildman–Crippen MR) is 123 cm³/mol. The molecule has 0 radical (unpaired) electrons. The molecule has 0 aliphatic carbocycles. The van der Waals surface area contributed by atoms with Gasteiger partial charge in [-0.15, -0.1) is 0 Å². The van der Waals surface area contributed by atoms with Crippen LogP contribution in [0.15, 0.2) is 54.6 Å². The number of unbranched alkanes of at least 4 members (excludes halogenated alkanes) is 1. The van der Waals surface area contributed by atoms with Gasteiger partial charge in [-0.25, -0.2) is 9.59 Å². The minimum absolute atomic E-state index is 0.127. The molecule has 2 rings (SSSR count). The monoisotopic (exact) mass is 442 g/mol. The van der Waals surface area contributed by atoms with Crippen LogP contribution in [-0.4, -0.2) is 36.9 Å². The number of hydrogen-bond acceptors (Lipinski definition) is 6. The summed E-state index contributed by atoms with van der Waals surface area (Å²) < 4.78 is 16.5. The first-order chi connectivity index (χ1) is 15.3. The molecule has 2 aromatic rings. The summed E-state index contributed by atoms with van der Waals surface area (Å²) in [6.45, 7) is 6.67. The van der Waals surface area contributed by atoms with Crippen LogP contribution >= 0.6 is 0 Å². The number of carbonyl (C=O) groups excluding carboxylic acids is 2. The van der Waals surface area contributed by atoms with Gasteiger partial charge in [-0.3, -0.25) is 0 Å². The maximum atomic E-state index is 12.8. The number of hydrogen-bond donors (Lipinski definition) is 2. The van der Waals surface area contributed by atoms with Gasteiger partial charge in [0.25, 0.3) is 0 Å². The van der Waals surface area contributed by atoms with Gasteiger partial charge in [0.05, 0.1) is 6.61 Å². The Hall–Kier alpha value is -3.06. The van der Waals surface area contributed by atoms with Crippen LogP contribution < -0.4 is 15.8 Å². The summed E-state index contributed by atoms with van der Waals surface area (Å²) in [6, 6.07) is 15.9. The summed E-state index contributed by atoms with van der Waals surface area (Å²) in [6.07, 6.45) is 1.41. The summed E-state index contributed by atoms with van der Waals surface area (Å²) in [7, 11) is 0. The molecule has 7 heteroatoms. The summed E-state index contributed by atoms with van der Waals surface area (Å²) in [4.78, 5) is 25.1. The second-order valence-corrected chi connectivity index (χ2v) is 8.48. The van der Waals surface area contributed by atoms with Gasteiger partial charge in [-0.1, -0.05) is 42.5 Å². The molecule has 3 N–H and O–H groups in total. The topological polar surface area (TPSA) is 99.9 Å². The largest absolute Gasteiger partial charge is 0.494 e. The molecule has 0 bridgehead atoms. The van der Waals surface area contributed by atoms with E-state index in [1.165, 1.54) is 0 Å². The van der Waals surface area contributed by atoms with Crippen molar-refractivity contribution in [2.75, 3.05) is 13.2 Å². The van der Waals surface area contributed by atoms with Crippen molar-refractivity contribution in [3.05, 3.63) is 65.7 Å². The molecule has 32 heavy (non-hydrogen) atoms. The van der Waals surface area contributed by atoms with E-state index >= 15 is 0 Å². The normalized spacial score (nSPS) is 12.0. The maximum absolute atomic E-state index is 12.8. The Labute approximate surface area is 190 Å². The van der Waals surface area contributed by atoms with Crippen LogP contribution in [0, 0.1) is 0 Å². The van der Waals surface area contributed by atoms with Crippen LogP contribution in [0.25, 0.3) is 0 Å². The Morgan fingerprint density at radius 3 is 2.28 bits per heavy atom. The lowest BCUT2D eigenvalue weighted by Crippen LogP contribution is -2.45. The lowest BCUT2D eigenvalue weighted by Gasteiger charge is -2.23. The van der Waals surface area contributed by atoms with E-state index in [9.17, 15) is 9.59 Å². The zero-order chi connectivity index (χ0) is 23.4. The van der Waals surface area contributed by atoms with E-state index in [0.717, 1.165) is 29.7 Å². The number of nitrogens with two attached hydrogens (primary N) is 1. The predicted octanol–water partition coefficient (Wildman–Crippen LogP) is 3.98. The Balaban J connectivity index is 2.01. The third-order valence-corrected chi connectivity index (χ3v) is 4.43. The Bertz CT molecular complexity index is 832. The number of carbonyl (C=O) groups is 2. The van der Waals surface area contributed by atoms with E-state index in [0.29, 0.717) is 13.2 Å². The molecule has 0 saturated carbocycles. The Morgan fingerprint density at radius 1 is 0.969 bits per heavy atom. The maximum Gasteiger partial charge on any atom is 0.408 e. The summed E-state index contributed by atoms with van der Waals surface area (Å²) in [5.74, 6) is 0.218. The third-order valence-electron chi connectivity index (χ3n) is 4.43. The van der Waals surface area contributed by atoms with E-state index in [2.05, 4.69) is 5.32 Å². The van der Waals surface area contributed by atoms with E-state index in [1.807, 2.05) is 54.6 Å². The van der Waals surface area contributed by atoms with Crippen LogP contribution in [0.2, 0.25) is 0 Å². The number of esters is 1. The fraction of sp³-hybridized carbons (Fsp3) is 0.440. The van der Waals surface area contributed by atoms with Gasteiger partial charge in [0.1, 0.15) is 24.0 Å². The number of benzene rings is 2. The molecule has 0 aromatic heterocycles. The van der Waals surface area contributed by atoms with Crippen LogP contribution in [-0.2, 0) is 27.3 Å². The SMILES string of the molecule is CC(C)(C)OC(=O)NC(Cc1ccc(OCCCCN)cc1)C(=O)OCc1ccccc1. The van der Waals surface area contributed by atoms with Crippen molar-refractivity contribution >= 4 is 12.1 Å². The zero-order valence-electron chi connectivity index (χ0n) is 19.1. The average Bonchev–Trinajstić information content (AvgIpc) is 2.75. The highest BCUT2D eigenvalue weighted by molar-refractivity contribution is 5.81. The van der Waals surface area contributed by atoms with Gasteiger partial charge < -0.3 is 25.3 Å². The highest BCUT2D eigenvalue weighted by Gasteiger charge is 2.26.